The number of nitrogens with zero attached hydrogens (tertiary/aromatic N) is 1. The number of hydrogen-bond donors (Lipinski definition) is 3. The second-order valence-electron chi connectivity index (χ2n) is 5.10. The lowest BCUT2D eigenvalue weighted by molar-refractivity contribution is 0.0632. The van der Waals surface area contributed by atoms with E-state index in [9.17, 15) is 13.9 Å². The smallest absolute Gasteiger partial charge is 0.188 e. The number of aliphatic hydroxyl groups is 1. The Morgan fingerprint density at radius 2 is 2.14 bits per heavy atom. The van der Waals surface area contributed by atoms with Gasteiger partial charge >= 0.3 is 0 Å². The van der Waals surface area contributed by atoms with Crippen LogP contribution in [0.2, 0.25) is 0 Å². The number of methoxy groups -OCH3 is 1. The fraction of sp³-hybridized carbons (Fsp3) is 0.500. The van der Waals surface area contributed by atoms with E-state index in [0.29, 0.717) is 6.61 Å². The molecule has 0 aliphatic carbocycles. The molecule has 0 amide bonds. The largest absolute Gasteiger partial charge is 0.383 e. The molecular weight excluding hydrogens is 407 g/mol. The van der Waals surface area contributed by atoms with Gasteiger partial charge in [0, 0.05) is 24.8 Å². The van der Waals surface area contributed by atoms with Gasteiger partial charge in [0.15, 0.2) is 5.96 Å². The molecule has 2 unspecified atom stereocenters. The first kappa shape index (κ1) is 21.0. The lowest BCUT2D eigenvalue weighted by Crippen LogP contribution is -2.41. The maximum absolute atomic E-state index is 13.7. The van der Waals surface area contributed by atoms with Crippen LogP contribution < -0.4 is 11.1 Å². The van der Waals surface area contributed by atoms with E-state index in [0.717, 1.165) is 12.1 Å². The summed E-state index contributed by atoms with van der Waals surface area (Å²) in [4.78, 5) is 3.98. The number of guanidine groups is 1. The van der Waals surface area contributed by atoms with E-state index in [4.69, 9.17) is 10.5 Å². The fourth-order valence-corrected chi connectivity index (χ4v) is 1.84. The van der Waals surface area contributed by atoms with Crippen LogP contribution in [0.25, 0.3) is 0 Å². The molecule has 0 aromatic heterocycles. The molecule has 0 saturated carbocycles. The first-order valence-electron chi connectivity index (χ1n) is 6.49. The van der Waals surface area contributed by atoms with Crippen molar-refractivity contribution in [2.75, 3.05) is 20.3 Å². The molecule has 0 aliphatic rings. The van der Waals surface area contributed by atoms with Crippen LogP contribution in [0.5, 0.6) is 0 Å². The summed E-state index contributed by atoms with van der Waals surface area (Å²) in [6.45, 7) is 3.52. The van der Waals surface area contributed by atoms with Gasteiger partial charge < -0.3 is 20.9 Å². The molecular formula is C14H22F2IN3O2. The second kappa shape index (κ2) is 9.21. The lowest BCUT2D eigenvalue weighted by atomic mass is 9.95. The Balaban J connectivity index is 0.00000441. The minimum Gasteiger partial charge on any atom is -0.383 e. The van der Waals surface area contributed by atoms with Gasteiger partial charge in [-0.1, -0.05) is 6.07 Å². The van der Waals surface area contributed by atoms with Crippen LogP contribution in [0, 0.1) is 11.6 Å². The van der Waals surface area contributed by atoms with Gasteiger partial charge in [0.05, 0.1) is 13.2 Å². The van der Waals surface area contributed by atoms with Crippen LogP contribution in [0.4, 0.5) is 8.78 Å². The number of nitrogens with one attached hydrogen (secondary N) is 1. The third kappa shape index (κ3) is 6.41. The molecule has 1 aromatic rings. The molecule has 22 heavy (non-hydrogen) atoms. The van der Waals surface area contributed by atoms with Crippen LogP contribution in [-0.4, -0.2) is 37.4 Å². The third-order valence-electron chi connectivity index (χ3n) is 2.88. The molecule has 1 rings (SSSR count). The molecule has 0 fully saturated rings. The zero-order valence-corrected chi connectivity index (χ0v) is 15.1. The Morgan fingerprint density at radius 1 is 1.50 bits per heavy atom. The molecule has 126 valence electrons. The van der Waals surface area contributed by atoms with E-state index in [1.165, 1.54) is 13.0 Å². The first-order valence-corrected chi connectivity index (χ1v) is 6.49. The molecule has 0 spiro atoms. The summed E-state index contributed by atoms with van der Waals surface area (Å²) in [5, 5.41) is 13.1. The molecule has 4 N–H and O–H groups in total. The topological polar surface area (TPSA) is 79.9 Å². The Labute approximate surface area is 146 Å². The molecule has 0 radical (unpaired) electrons. The molecule has 0 saturated heterocycles. The summed E-state index contributed by atoms with van der Waals surface area (Å²) in [7, 11) is 1.56. The minimum absolute atomic E-state index is 0. The van der Waals surface area contributed by atoms with Crippen molar-refractivity contribution in [3.63, 3.8) is 0 Å². The quantitative estimate of drug-likeness (QED) is 0.366. The predicted octanol–water partition coefficient (Wildman–Crippen LogP) is 1.73. The van der Waals surface area contributed by atoms with Crippen LogP contribution in [0.1, 0.15) is 19.4 Å². The van der Waals surface area contributed by atoms with E-state index >= 15 is 0 Å². The predicted molar refractivity (Wildman–Crippen MR) is 92.3 cm³/mol. The van der Waals surface area contributed by atoms with Gasteiger partial charge in [0.1, 0.15) is 17.2 Å². The summed E-state index contributed by atoms with van der Waals surface area (Å²) >= 11 is 0. The van der Waals surface area contributed by atoms with Crippen molar-refractivity contribution >= 4 is 29.9 Å². The van der Waals surface area contributed by atoms with Crippen LogP contribution >= 0.6 is 24.0 Å². The lowest BCUT2D eigenvalue weighted by Gasteiger charge is -2.23. The number of aliphatic imine (C=N–C) groups is 1. The monoisotopic (exact) mass is 429 g/mol. The highest BCUT2D eigenvalue weighted by Gasteiger charge is 2.26. The highest BCUT2D eigenvalue weighted by atomic mass is 127. The maximum atomic E-state index is 13.7. The van der Waals surface area contributed by atoms with Crippen molar-refractivity contribution in [1.29, 1.82) is 0 Å². The molecule has 5 nitrogen and oxygen atoms in total. The number of benzene rings is 1. The third-order valence-corrected chi connectivity index (χ3v) is 2.88. The number of halogens is 3. The molecule has 0 aliphatic heterocycles. The number of hydrogen-bond acceptors (Lipinski definition) is 3. The molecule has 0 heterocycles. The molecule has 2 atom stereocenters. The van der Waals surface area contributed by atoms with E-state index in [1.54, 1.807) is 7.11 Å². The second-order valence-corrected chi connectivity index (χ2v) is 5.10. The zero-order valence-electron chi connectivity index (χ0n) is 12.8. The van der Waals surface area contributed by atoms with Crippen molar-refractivity contribution in [2.45, 2.75) is 25.5 Å². The number of ether oxygens (including phenoxy) is 1. The Kier molecular flexibility index (Phi) is 8.79. The summed E-state index contributed by atoms with van der Waals surface area (Å²) in [5.41, 5.74) is 4.05. The highest BCUT2D eigenvalue weighted by Crippen LogP contribution is 2.24. The zero-order chi connectivity index (χ0) is 16.0. The first-order chi connectivity index (χ1) is 9.76. The normalized spacial score (nSPS) is 15.6. The maximum Gasteiger partial charge on any atom is 0.188 e. The summed E-state index contributed by atoms with van der Waals surface area (Å²) < 4.78 is 31.5. The van der Waals surface area contributed by atoms with Gasteiger partial charge in [0.2, 0.25) is 0 Å². The van der Waals surface area contributed by atoms with E-state index < -0.39 is 17.2 Å². The van der Waals surface area contributed by atoms with Gasteiger partial charge in [-0.15, -0.1) is 24.0 Å². The standard InChI is InChI=1S/C14H21F2N3O2.HI/c1-9(7-21-3)19-13(17)18-8-14(2,20)11-5-4-10(15)6-12(11)16;/h4-6,9,20H,7-8H2,1-3H3,(H3,17,18,19);1H. The Hall–Kier alpha value is -1.00. The van der Waals surface area contributed by atoms with Crippen molar-refractivity contribution in [2.24, 2.45) is 10.7 Å². The average Bonchev–Trinajstić information content (AvgIpc) is 2.36. The van der Waals surface area contributed by atoms with Crippen molar-refractivity contribution in [3.8, 4) is 0 Å². The number of nitrogens with two attached hydrogens (primary N) is 1. The molecule has 1 aromatic carbocycles. The van der Waals surface area contributed by atoms with E-state index in [-0.39, 0.29) is 48.1 Å². The highest BCUT2D eigenvalue weighted by molar-refractivity contribution is 14.0. The van der Waals surface area contributed by atoms with Gasteiger partial charge in [-0.2, -0.15) is 0 Å². The summed E-state index contributed by atoms with van der Waals surface area (Å²) in [6, 6.07) is 2.94. The van der Waals surface area contributed by atoms with Crippen LogP contribution in [-0.2, 0) is 10.3 Å². The number of rotatable bonds is 6. The Morgan fingerprint density at radius 3 is 2.68 bits per heavy atom. The molecule has 0 bridgehead atoms. The van der Waals surface area contributed by atoms with Gasteiger partial charge in [-0.25, -0.2) is 8.78 Å². The Bertz CT molecular complexity index is 513. The van der Waals surface area contributed by atoms with Crippen LogP contribution in [0.15, 0.2) is 23.2 Å². The van der Waals surface area contributed by atoms with Crippen molar-refractivity contribution < 1.29 is 18.6 Å². The average molecular weight is 429 g/mol. The van der Waals surface area contributed by atoms with Crippen molar-refractivity contribution in [3.05, 3.63) is 35.4 Å². The van der Waals surface area contributed by atoms with E-state index in [2.05, 4.69) is 10.3 Å². The minimum atomic E-state index is -1.59. The van der Waals surface area contributed by atoms with Gasteiger partial charge in [0.25, 0.3) is 0 Å². The van der Waals surface area contributed by atoms with Crippen LogP contribution in [0.3, 0.4) is 0 Å². The fourth-order valence-electron chi connectivity index (χ4n) is 1.84. The molecule has 8 heteroatoms. The summed E-state index contributed by atoms with van der Waals surface area (Å²) in [5.74, 6) is -1.41. The van der Waals surface area contributed by atoms with E-state index in [1.807, 2.05) is 6.92 Å². The SMILES string of the molecule is COCC(C)NC(N)=NCC(C)(O)c1ccc(F)cc1F.I. The summed E-state index contributed by atoms with van der Waals surface area (Å²) in [6.07, 6.45) is 0. The van der Waals surface area contributed by atoms with Crippen molar-refractivity contribution in [1.82, 2.24) is 5.32 Å². The van der Waals surface area contributed by atoms with Gasteiger partial charge in [-0.05, 0) is 19.9 Å². The van der Waals surface area contributed by atoms with Gasteiger partial charge in [-0.3, -0.25) is 4.99 Å².